The van der Waals surface area contributed by atoms with Crippen molar-refractivity contribution in [1.82, 2.24) is 10.2 Å². The van der Waals surface area contributed by atoms with E-state index < -0.39 is 15.1 Å². The lowest BCUT2D eigenvalue weighted by atomic mass is 10.4. The van der Waals surface area contributed by atoms with Crippen LogP contribution in [0.2, 0.25) is 0 Å². The summed E-state index contributed by atoms with van der Waals surface area (Å²) in [7, 11) is -3.37. The Morgan fingerprint density at radius 2 is 2.06 bits per heavy atom. The van der Waals surface area contributed by atoms with Gasteiger partial charge in [0.2, 0.25) is 5.91 Å². The molecule has 1 heterocycles. The van der Waals surface area contributed by atoms with Gasteiger partial charge in [0.05, 0.1) is 5.25 Å². The number of nitrogens with one attached hydrogen (secondary N) is 1. The van der Waals surface area contributed by atoms with Crippen LogP contribution in [0.3, 0.4) is 0 Å². The van der Waals surface area contributed by atoms with Crippen molar-refractivity contribution < 1.29 is 13.2 Å². The Labute approximate surface area is 109 Å². The molecular formula is C12H22N2O3S. The Morgan fingerprint density at radius 1 is 1.44 bits per heavy atom. The molecule has 1 aliphatic rings. The van der Waals surface area contributed by atoms with Gasteiger partial charge in [-0.05, 0) is 19.8 Å². The number of sulfone groups is 1. The number of hydrogen-bond donors (Lipinski definition) is 1. The molecule has 1 N–H and O–H groups in total. The van der Waals surface area contributed by atoms with Gasteiger partial charge in [-0.3, -0.25) is 4.79 Å². The molecule has 0 saturated carbocycles. The van der Waals surface area contributed by atoms with Gasteiger partial charge in [0.1, 0.15) is 5.75 Å². The van der Waals surface area contributed by atoms with Crippen LogP contribution in [-0.2, 0) is 14.6 Å². The fourth-order valence-corrected chi connectivity index (χ4v) is 3.07. The molecule has 104 valence electrons. The molecule has 0 aromatic rings. The second-order valence-corrected chi connectivity index (χ2v) is 7.07. The van der Waals surface area contributed by atoms with E-state index in [2.05, 4.69) is 11.9 Å². The van der Waals surface area contributed by atoms with E-state index in [-0.39, 0.29) is 11.7 Å². The molecule has 1 rings (SSSR count). The first kappa shape index (κ1) is 15.2. The normalized spacial score (nSPS) is 17.7. The van der Waals surface area contributed by atoms with Crippen molar-refractivity contribution in [2.75, 3.05) is 31.9 Å². The molecule has 0 bridgehead atoms. The maximum absolute atomic E-state index is 12.0. The van der Waals surface area contributed by atoms with Crippen LogP contribution in [0.4, 0.5) is 0 Å². The average molecular weight is 274 g/mol. The third-order valence-corrected chi connectivity index (χ3v) is 5.16. The van der Waals surface area contributed by atoms with Crippen molar-refractivity contribution in [1.29, 1.82) is 0 Å². The largest absolute Gasteiger partial charge is 0.342 e. The summed E-state index contributed by atoms with van der Waals surface area (Å²) in [6.45, 7) is 7.48. The molecule has 1 amide bonds. The first-order chi connectivity index (χ1) is 8.47. The molecule has 1 unspecified atom stereocenters. The van der Waals surface area contributed by atoms with Crippen molar-refractivity contribution >= 4 is 15.7 Å². The third-order valence-electron chi connectivity index (χ3n) is 3.12. The van der Waals surface area contributed by atoms with Gasteiger partial charge in [0.15, 0.2) is 9.84 Å². The summed E-state index contributed by atoms with van der Waals surface area (Å²) >= 11 is 0. The van der Waals surface area contributed by atoms with E-state index in [1.807, 2.05) is 0 Å². The predicted molar refractivity (Wildman–Crippen MR) is 72.1 cm³/mol. The quantitative estimate of drug-likeness (QED) is 0.531. The first-order valence-electron chi connectivity index (χ1n) is 6.28. The minimum absolute atomic E-state index is 0.261. The first-order valence-corrected chi connectivity index (χ1v) is 8.00. The van der Waals surface area contributed by atoms with Gasteiger partial charge >= 0.3 is 0 Å². The summed E-state index contributed by atoms with van der Waals surface area (Å²) < 4.78 is 24.0. The van der Waals surface area contributed by atoms with Crippen LogP contribution in [0.15, 0.2) is 12.7 Å². The van der Waals surface area contributed by atoms with E-state index in [9.17, 15) is 13.2 Å². The van der Waals surface area contributed by atoms with Crippen LogP contribution in [0.1, 0.15) is 19.8 Å². The molecule has 0 aromatic heterocycles. The highest BCUT2D eigenvalue weighted by Gasteiger charge is 2.27. The minimum atomic E-state index is -3.37. The van der Waals surface area contributed by atoms with Gasteiger partial charge in [0, 0.05) is 26.2 Å². The molecule has 0 radical (unpaired) electrons. The molecular weight excluding hydrogens is 252 g/mol. The summed E-state index contributed by atoms with van der Waals surface area (Å²) in [4.78, 5) is 13.4. The number of carbonyl (C=O) groups excluding carboxylic acids is 1. The number of amides is 1. The Hall–Kier alpha value is -0.880. The second kappa shape index (κ2) is 6.89. The lowest BCUT2D eigenvalue weighted by molar-refractivity contribution is -0.127. The molecule has 18 heavy (non-hydrogen) atoms. The van der Waals surface area contributed by atoms with Crippen molar-refractivity contribution in [2.24, 2.45) is 0 Å². The lowest BCUT2D eigenvalue weighted by Crippen LogP contribution is -2.39. The van der Waals surface area contributed by atoms with Crippen molar-refractivity contribution in [3.63, 3.8) is 0 Å². The minimum Gasteiger partial charge on any atom is -0.342 e. The highest BCUT2D eigenvalue weighted by atomic mass is 32.2. The lowest BCUT2D eigenvalue weighted by Gasteiger charge is -2.18. The van der Waals surface area contributed by atoms with Gasteiger partial charge in [-0.2, -0.15) is 0 Å². The Bertz CT molecular complexity index is 386. The van der Waals surface area contributed by atoms with E-state index in [0.29, 0.717) is 26.2 Å². The third kappa shape index (κ3) is 4.42. The Balaban J connectivity index is 2.46. The molecule has 6 heteroatoms. The van der Waals surface area contributed by atoms with E-state index >= 15 is 0 Å². The average Bonchev–Trinajstić information content (AvgIpc) is 2.82. The molecule has 0 aliphatic carbocycles. The fraction of sp³-hybridized carbons (Fsp3) is 0.750. The number of hydrogen-bond acceptors (Lipinski definition) is 4. The zero-order valence-corrected chi connectivity index (χ0v) is 11.7. The summed E-state index contributed by atoms with van der Waals surface area (Å²) in [5, 5.41) is 2.41. The van der Waals surface area contributed by atoms with E-state index in [1.54, 1.807) is 17.9 Å². The van der Waals surface area contributed by atoms with Gasteiger partial charge in [-0.1, -0.05) is 6.08 Å². The summed E-state index contributed by atoms with van der Waals surface area (Å²) in [5.74, 6) is -0.632. The van der Waals surface area contributed by atoms with Crippen LogP contribution in [0, 0.1) is 0 Å². The fourth-order valence-electron chi connectivity index (χ4n) is 1.89. The van der Waals surface area contributed by atoms with E-state index in [4.69, 9.17) is 0 Å². The maximum Gasteiger partial charge on any atom is 0.237 e. The van der Waals surface area contributed by atoms with Crippen molar-refractivity contribution in [2.45, 2.75) is 25.0 Å². The highest BCUT2D eigenvalue weighted by molar-refractivity contribution is 7.92. The zero-order chi connectivity index (χ0) is 13.6. The topological polar surface area (TPSA) is 66.5 Å². The molecule has 1 saturated heterocycles. The van der Waals surface area contributed by atoms with Crippen molar-refractivity contribution in [3.05, 3.63) is 12.7 Å². The van der Waals surface area contributed by atoms with Gasteiger partial charge in [-0.25, -0.2) is 8.42 Å². The van der Waals surface area contributed by atoms with Gasteiger partial charge in [-0.15, -0.1) is 6.58 Å². The number of carbonyl (C=O) groups is 1. The van der Waals surface area contributed by atoms with E-state index in [1.165, 1.54) is 0 Å². The highest BCUT2D eigenvalue weighted by Crippen LogP contribution is 2.10. The SMILES string of the molecule is C=CCNCC(C)S(=O)(=O)CC(=O)N1CCCC1. The predicted octanol–water partition coefficient (Wildman–Crippen LogP) is 0.188. The van der Waals surface area contributed by atoms with Crippen molar-refractivity contribution in [3.8, 4) is 0 Å². The summed E-state index contributed by atoms with van der Waals surface area (Å²) in [5.41, 5.74) is 0. The molecule has 5 nitrogen and oxygen atoms in total. The molecule has 1 atom stereocenters. The molecule has 1 fully saturated rings. The molecule has 0 spiro atoms. The Morgan fingerprint density at radius 3 is 2.61 bits per heavy atom. The molecule has 0 aromatic carbocycles. The summed E-state index contributed by atoms with van der Waals surface area (Å²) in [6, 6.07) is 0. The van der Waals surface area contributed by atoms with E-state index in [0.717, 1.165) is 12.8 Å². The van der Waals surface area contributed by atoms with Crippen LogP contribution < -0.4 is 5.32 Å². The van der Waals surface area contributed by atoms with Crippen LogP contribution in [0.25, 0.3) is 0 Å². The number of rotatable bonds is 7. The smallest absolute Gasteiger partial charge is 0.237 e. The van der Waals surface area contributed by atoms with Gasteiger partial charge < -0.3 is 10.2 Å². The Kier molecular flexibility index (Phi) is 5.81. The second-order valence-electron chi connectivity index (χ2n) is 4.65. The number of nitrogens with zero attached hydrogens (tertiary/aromatic N) is 1. The zero-order valence-electron chi connectivity index (χ0n) is 10.9. The summed E-state index contributed by atoms with van der Waals surface area (Å²) in [6.07, 6.45) is 3.62. The molecule has 1 aliphatic heterocycles. The standard InChI is InChI=1S/C12H22N2O3S/c1-3-6-13-9-11(2)18(16,17)10-12(15)14-7-4-5-8-14/h3,11,13H,1,4-10H2,2H3. The van der Waals surface area contributed by atoms with Crippen LogP contribution >= 0.6 is 0 Å². The van der Waals surface area contributed by atoms with Crippen LogP contribution in [-0.4, -0.2) is 56.4 Å². The van der Waals surface area contributed by atoms with Crippen LogP contribution in [0.5, 0.6) is 0 Å². The number of likely N-dealkylation sites (tertiary alicyclic amines) is 1. The van der Waals surface area contributed by atoms with Gasteiger partial charge in [0.25, 0.3) is 0 Å². The maximum atomic E-state index is 12.0. The monoisotopic (exact) mass is 274 g/mol.